The lowest BCUT2D eigenvalue weighted by Gasteiger charge is -2.10. The van der Waals surface area contributed by atoms with E-state index in [0.29, 0.717) is 28.5 Å². The number of rotatable bonds is 0. The van der Waals surface area contributed by atoms with Crippen LogP contribution in [-0.4, -0.2) is 9.55 Å². The van der Waals surface area contributed by atoms with Crippen LogP contribution in [0.2, 0.25) is 0 Å². The van der Waals surface area contributed by atoms with Gasteiger partial charge in [-0.15, -0.1) is 12.4 Å². The number of hydrogen-bond acceptors (Lipinski definition) is 2. The van der Waals surface area contributed by atoms with Crippen molar-refractivity contribution in [2.24, 2.45) is 0 Å². The number of allylic oxidation sites excluding steroid dienone is 3. The van der Waals surface area contributed by atoms with Crippen molar-refractivity contribution in [3.63, 3.8) is 0 Å². The van der Waals surface area contributed by atoms with E-state index in [2.05, 4.69) is 31.3 Å². The molecule has 2 rings (SSSR count). The first kappa shape index (κ1) is 13.2. The molecule has 0 unspecified atom stereocenters. The van der Waals surface area contributed by atoms with Crippen molar-refractivity contribution in [1.82, 2.24) is 9.55 Å². The van der Waals surface area contributed by atoms with Gasteiger partial charge in [-0.3, -0.25) is 9.36 Å². The lowest BCUT2D eigenvalue weighted by Crippen LogP contribution is -2.46. The Morgan fingerprint density at radius 2 is 1.88 bits per heavy atom. The Hall–Kier alpha value is -1.87. The third kappa shape index (κ3) is 2.01. The Labute approximate surface area is 105 Å². The van der Waals surface area contributed by atoms with E-state index in [1.165, 1.54) is 4.57 Å². The molecule has 1 aliphatic heterocycles. The molecule has 1 aromatic rings. The van der Waals surface area contributed by atoms with Crippen LogP contribution >= 0.6 is 12.4 Å². The summed E-state index contributed by atoms with van der Waals surface area (Å²) in [6, 6.07) is 0. The fourth-order valence-corrected chi connectivity index (χ4v) is 1.57. The molecule has 1 aliphatic rings. The van der Waals surface area contributed by atoms with Crippen LogP contribution in [0.5, 0.6) is 0 Å². The summed E-state index contributed by atoms with van der Waals surface area (Å²) in [4.78, 5) is 16.2. The van der Waals surface area contributed by atoms with Crippen molar-refractivity contribution < 1.29 is 0 Å². The number of aromatic nitrogens is 2. The second kappa shape index (κ2) is 4.55. The van der Waals surface area contributed by atoms with Gasteiger partial charge in [-0.1, -0.05) is 32.4 Å². The topological polar surface area (TPSA) is 34.9 Å². The zero-order valence-electron chi connectivity index (χ0n) is 9.40. The van der Waals surface area contributed by atoms with Gasteiger partial charge in [-0.25, -0.2) is 4.98 Å². The van der Waals surface area contributed by atoms with Gasteiger partial charge in [0.05, 0.1) is 10.6 Å². The molecule has 0 N–H and O–H groups in total. The zero-order chi connectivity index (χ0) is 11.9. The maximum absolute atomic E-state index is 12.0. The van der Waals surface area contributed by atoms with E-state index in [1.54, 1.807) is 6.08 Å². The summed E-state index contributed by atoms with van der Waals surface area (Å²) in [5, 5.41) is 0.703. The molecule has 4 heteroatoms. The second-order valence-corrected chi connectivity index (χ2v) is 3.69. The average molecular weight is 249 g/mol. The molecule has 0 radical (unpaired) electrons. The van der Waals surface area contributed by atoms with Crippen LogP contribution in [0, 0.1) is 0 Å². The quantitative estimate of drug-likeness (QED) is 0.685. The Balaban J connectivity index is 0.00000144. The van der Waals surface area contributed by atoms with Gasteiger partial charge in [0, 0.05) is 5.70 Å². The van der Waals surface area contributed by atoms with Crippen LogP contribution in [0.15, 0.2) is 29.6 Å². The molecule has 2 heterocycles. The van der Waals surface area contributed by atoms with Crippen molar-refractivity contribution in [3.8, 4) is 0 Å². The molecule has 0 aliphatic carbocycles. The van der Waals surface area contributed by atoms with Gasteiger partial charge in [0.25, 0.3) is 5.56 Å². The van der Waals surface area contributed by atoms with E-state index in [0.717, 1.165) is 5.57 Å². The Morgan fingerprint density at radius 3 is 2.53 bits per heavy atom. The Morgan fingerprint density at radius 1 is 1.24 bits per heavy atom. The third-order valence-electron chi connectivity index (χ3n) is 2.60. The fraction of sp³-hybridized carbons (Fsp3) is 0.0769. The second-order valence-electron chi connectivity index (χ2n) is 3.69. The average Bonchev–Trinajstić information content (AvgIpc) is 2.37. The van der Waals surface area contributed by atoms with Crippen molar-refractivity contribution in [2.75, 3.05) is 0 Å². The molecular formula is C13H13ClN2O. The van der Waals surface area contributed by atoms with Crippen molar-refractivity contribution in [3.05, 3.63) is 51.6 Å². The van der Waals surface area contributed by atoms with Crippen LogP contribution in [0.25, 0.3) is 24.9 Å². The molecular weight excluding hydrogens is 236 g/mol. The van der Waals surface area contributed by atoms with Gasteiger partial charge in [-0.2, -0.15) is 0 Å². The summed E-state index contributed by atoms with van der Waals surface area (Å²) in [6.45, 7) is 15.1. The normalized spacial score (nSPS) is 13.9. The van der Waals surface area contributed by atoms with E-state index < -0.39 is 0 Å². The van der Waals surface area contributed by atoms with E-state index in [-0.39, 0.29) is 18.0 Å². The van der Waals surface area contributed by atoms with E-state index >= 15 is 0 Å². The highest BCUT2D eigenvalue weighted by Crippen LogP contribution is 2.19. The van der Waals surface area contributed by atoms with Gasteiger partial charge >= 0.3 is 0 Å². The number of hydrogen-bond donors (Lipinski definition) is 0. The monoisotopic (exact) mass is 248 g/mol. The minimum Gasteiger partial charge on any atom is -0.268 e. The summed E-state index contributed by atoms with van der Waals surface area (Å²) in [5.41, 5.74) is 1.14. The molecule has 0 atom stereocenters. The molecule has 0 bridgehead atoms. The maximum Gasteiger partial charge on any atom is 0.265 e. The molecule has 3 nitrogen and oxygen atoms in total. The lowest BCUT2D eigenvalue weighted by molar-refractivity contribution is 0.909. The number of halogens is 1. The highest BCUT2D eigenvalue weighted by atomic mass is 35.5. The van der Waals surface area contributed by atoms with E-state index in [4.69, 9.17) is 0 Å². The smallest absolute Gasteiger partial charge is 0.265 e. The zero-order valence-corrected chi connectivity index (χ0v) is 10.2. The molecule has 1 aromatic heterocycles. The number of nitrogens with zero attached hydrogens (tertiary/aromatic N) is 2. The molecule has 17 heavy (non-hydrogen) atoms. The first-order chi connectivity index (χ1) is 7.52. The van der Waals surface area contributed by atoms with Crippen LogP contribution in [0.4, 0.5) is 0 Å². The first-order valence-corrected chi connectivity index (χ1v) is 4.87. The van der Waals surface area contributed by atoms with Crippen LogP contribution in [-0.2, 0) is 0 Å². The predicted octanol–water partition coefficient (Wildman–Crippen LogP) is 0.929. The first-order valence-electron chi connectivity index (χ1n) is 4.87. The highest BCUT2D eigenvalue weighted by molar-refractivity contribution is 5.85. The molecule has 0 fully saturated rings. The Kier molecular flexibility index (Phi) is 3.53. The minimum atomic E-state index is -0.229. The predicted molar refractivity (Wildman–Crippen MR) is 74.2 cm³/mol. The van der Waals surface area contributed by atoms with E-state index in [9.17, 15) is 4.79 Å². The largest absolute Gasteiger partial charge is 0.268 e. The van der Waals surface area contributed by atoms with Gasteiger partial charge in [0.15, 0.2) is 0 Å². The Bertz CT molecular complexity index is 683. The highest BCUT2D eigenvalue weighted by Gasteiger charge is 2.12. The molecule has 0 aromatic carbocycles. The summed E-state index contributed by atoms with van der Waals surface area (Å²) >= 11 is 0. The van der Waals surface area contributed by atoms with Crippen molar-refractivity contribution >= 4 is 37.3 Å². The molecule has 88 valence electrons. The van der Waals surface area contributed by atoms with Crippen LogP contribution in [0.1, 0.15) is 12.2 Å². The van der Waals surface area contributed by atoms with E-state index in [1.807, 2.05) is 6.08 Å². The lowest BCUT2D eigenvalue weighted by atomic mass is 10.2. The molecule has 0 saturated heterocycles. The standard InChI is InChI=1S/C13H12N2O.ClH/c1-8-6-5-7-12-14-10(3)9(2)13(16)15(12)11(8)4;/h5,7H,1-4,6H2;1H. The summed E-state index contributed by atoms with van der Waals surface area (Å²) < 4.78 is 1.43. The van der Waals surface area contributed by atoms with Crippen LogP contribution in [0.3, 0.4) is 0 Å². The van der Waals surface area contributed by atoms with Crippen LogP contribution < -0.4 is 16.1 Å². The summed E-state index contributed by atoms with van der Waals surface area (Å²) in [6.07, 6.45) is 4.35. The maximum atomic E-state index is 12.0. The van der Waals surface area contributed by atoms with Gasteiger partial charge < -0.3 is 0 Å². The molecule has 0 spiro atoms. The SMILES string of the molecule is C=C1CC=Cc2nc(=C)c(=C)c(=O)n2C1=C.Cl. The number of fused-ring (bicyclic) bond motifs is 1. The third-order valence-corrected chi connectivity index (χ3v) is 2.60. The summed E-state index contributed by atoms with van der Waals surface area (Å²) in [5.74, 6) is 0.533. The fourth-order valence-electron chi connectivity index (χ4n) is 1.57. The minimum absolute atomic E-state index is 0. The van der Waals surface area contributed by atoms with Crippen molar-refractivity contribution in [2.45, 2.75) is 6.42 Å². The summed E-state index contributed by atoms with van der Waals surface area (Å²) in [7, 11) is 0. The van der Waals surface area contributed by atoms with Gasteiger partial charge in [-0.05, 0) is 18.1 Å². The van der Waals surface area contributed by atoms with Crippen molar-refractivity contribution in [1.29, 1.82) is 0 Å². The van der Waals surface area contributed by atoms with Gasteiger partial charge in [0.1, 0.15) is 5.82 Å². The molecule has 0 amide bonds. The van der Waals surface area contributed by atoms with Gasteiger partial charge in [0.2, 0.25) is 0 Å². The molecule has 0 saturated carbocycles.